The first-order valence-corrected chi connectivity index (χ1v) is 6.62. The van der Waals surface area contributed by atoms with Gasteiger partial charge in [0.2, 0.25) is 11.8 Å². The van der Waals surface area contributed by atoms with Crippen LogP contribution >= 0.6 is 0 Å². The first-order chi connectivity index (χ1) is 8.63. The van der Waals surface area contributed by atoms with E-state index >= 15 is 0 Å². The highest BCUT2D eigenvalue weighted by Crippen LogP contribution is 2.04. The van der Waals surface area contributed by atoms with E-state index in [2.05, 4.69) is 5.32 Å². The Labute approximate surface area is 108 Å². The average molecular weight is 256 g/mol. The minimum atomic E-state index is -0.304. The number of primary amides is 1. The third kappa shape index (κ3) is 5.46. The maximum Gasteiger partial charge on any atom is 0.231 e. The monoisotopic (exact) mass is 256 g/mol. The van der Waals surface area contributed by atoms with Gasteiger partial charge in [0.25, 0.3) is 0 Å². The molecule has 1 saturated heterocycles. The summed E-state index contributed by atoms with van der Waals surface area (Å²) in [4.78, 5) is 26.7. The van der Waals surface area contributed by atoms with Crippen LogP contribution in [0.25, 0.3) is 0 Å². The fourth-order valence-electron chi connectivity index (χ4n) is 2.13. The molecule has 0 bridgehead atoms. The molecule has 0 spiro atoms. The van der Waals surface area contributed by atoms with Crippen molar-refractivity contribution in [3.63, 3.8) is 0 Å². The Morgan fingerprint density at radius 3 is 2.67 bits per heavy atom. The molecule has 6 nitrogen and oxygen atoms in total. The van der Waals surface area contributed by atoms with E-state index in [-0.39, 0.29) is 11.8 Å². The number of rotatable bonds is 6. The molecule has 18 heavy (non-hydrogen) atoms. The Bertz CT molecular complexity index is 283. The molecule has 0 aliphatic carbocycles. The number of amides is 2. The van der Waals surface area contributed by atoms with Crippen LogP contribution in [0.5, 0.6) is 0 Å². The van der Waals surface area contributed by atoms with E-state index in [0.717, 1.165) is 39.1 Å². The van der Waals surface area contributed by atoms with Crippen LogP contribution in [0.15, 0.2) is 0 Å². The summed E-state index contributed by atoms with van der Waals surface area (Å²) in [5.41, 5.74) is 5.18. The van der Waals surface area contributed by atoms with Gasteiger partial charge in [-0.05, 0) is 13.0 Å². The van der Waals surface area contributed by atoms with Crippen LogP contribution in [0.2, 0.25) is 0 Å². The van der Waals surface area contributed by atoms with Gasteiger partial charge in [-0.25, -0.2) is 0 Å². The molecule has 0 aromatic carbocycles. The van der Waals surface area contributed by atoms with Crippen LogP contribution in [-0.2, 0) is 9.59 Å². The van der Waals surface area contributed by atoms with E-state index in [4.69, 9.17) is 5.73 Å². The molecule has 1 rings (SSSR count). The van der Waals surface area contributed by atoms with Gasteiger partial charge < -0.3 is 16.0 Å². The molecule has 1 heterocycles. The van der Waals surface area contributed by atoms with Gasteiger partial charge in [-0.3, -0.25) is 14.5 Å². The SMILES string of the molecule is CCNCCC(=O)N1CCCN(CC(N)=O)CC1. The van der Waals surface area contributed by atoms with E-state index in [9.17, 15) is 9.59 Å². The van der Waals surface area contributed by atoms with Crippen molar-refractivity contribution in [3.05, 3.63) is 0 Å². The summed E-state index contributed by atoms with van der Waals surface area (Å²) in [7, 11) is 0. The molecule has 0 saturated carbocycles. The van der Waals surface area contributed by atoms with Gasteiger partial charge >= 0.3 is 0 Å². The second-order valence-electron chi connectivity index (χ2n) is 4.58. The summed E-state index contributed by atoms with van der Waals surface area (Å²) in [6, 6.07) is 0. The lowest BCUT2D eigenvalue weighted by Crippen LogP contribution is -2.38. The third-order valence-electron chi connectivity index (χ3n) is 3.09. The molecule has 0 aromatic heterocycles. The summed E-state index contributed by atoms with van der Waals surface area (Å²) in [5.74, 6) is -0.112. The Hall–Kier alpha value is -1.14. The summed E-state index contributed by atoms with van der Waals surface area (Å²) in [5, 5.41) is 3.15. The lowest BCUT2D eigenvalue weighted by Gasteiger charge is -2.21. The zero-order chi connectivity index (χ0) is 13.4. The molecule has 0 unspecified atom stereocenters. The molecule has 1 aliphatic rings. The molecule has 1 fully saturated rings. The fraction of sp³-hybridized carbons (Fsp3) is 0.833. The highest BCUT2D eigenvalue weighted by Gasteiger charge is 2.19. The largest absolute Gasteiger partial charge is 0.369 e. The highest BCUT2D eigenvalue weighted by atomic mass is 16.2. The van der Waals surface area contributed by atoms with E-state index in [1.165, 1.54) is 0 Å². The molecular formula is C12H24N4O2. The first kappa shape index (κ1) is 14.9. The van der Waals surface area contributed by atoms with Crippen molar-refractivity contribution in [2.24, 2.45) is 5.73 Å². The van der Waals surface area contributed by atoms with E-state index in [1.807, 2.05) is 16.7 Å². The summed E-state index contributed by atoms with van der Waals surface area (Å²) in [6.07, 6.45) is 1.45. The minimum absolute atomic E-state index is 0.192. The van der Waals surface area contributed by atoms with Crippen molar-refractivity contribution in [1.82, 2.24) is 15.1 Å². The Kier molecular flexibility index (Phi) is 6.67. The average Bonchev–Trinajstić information content (AvgIpc) is 2.54. The molecule has 0 radical (unpaired) electrons. The molecule has 2 amide bonds. The Morgan fingerprint density at radius 2 is 2.00 bits per heavy atom. The fourth-order valence-corrected chi connectivity index (χ4v) is 2.13. The molecule has 6 heteroatoms. The maximum absolute atomic E-state index is 11.9. The molecule has 0 atom stereocenters. The number of hydrogen-bond donors (Lipinski definition) is 2. The zero-order valence-corrected chi connectivity index (χ0v) is 11.2. The maximum atomic E-state index is 11.9. The van der Waals surface area contributed by atoms with E-state index in [0.29, 0.717) is 19.5 Å². The topological polar surface area (TPSA) is 78.7 Å². The Morgan fingerprint density at radius 1 is 1.22 bits per heavy atom. The predicted octanol–water partition coefficient (Wildman–Crippen LogP) is -0.994. The minimum Gasteiger partial charge on any atom is -0.369 e. The van der Waals surface area contributed by atoms with Crippen LogP contribution in [-0.4, -0.2) is 67.4 Å². The van der Waals surface area contributed by atoms with Crippen molar-refractivity contribution >= 4 is 11.8 Å². The molecule has 1 aliphatic heterocycles. The number of nitrogens with two attached hydrogens (primary N) is 1. The normalized spacial score (nSPS) is 17.5. The molecule has 3 N–H and O–H groups in total. The third-order valence-corrected chi connectivity index (χ3v) is 3.09. The second kappa shape index (κ2) is 8.05. The number of nitrogens with zero attached hydrogens (tertiary/aromatic N) is 2. The number of nitrogens with one attached hydrogen (secondary N) is 1. The van der Waals surface area contributed by atoms with Crippen molar-refractivity contribution in [2.75, 3.05) is 45.8 Å². The van der Waals surface area contributed by atoms with E-state index in [1.54, 1.807) is 0 Å². The van der Waals surface area contributed by atoms with Gasteiger partial charge in [-0.15, -0.1) is 0 Å². The van der Waals surface area contributed by atoms with Gasteiger partial charge in [-0.1, -0.05) is 6.92 Å². The van der Waals surface area contributed by atoms with Crippen molar-refractivity contribution < 1.29 is 9.59 Å². The standard InChI is InChI=1S/C12H24N4O2/c1-2-14-5-4-12(18)16-7-3-6-15(8-9-16)10-11(13)17/h14H,2-10H2,1H3,(H2,13,17). The molecule has 0 aromatic rings. The summed E-state index contributed by atoms with van der Waals surface area (Å²) >= 11 is 0. The van der Waals surface area contributed by atoms with Crippen molar-refractivity contribution in [1.29, 1.82) is 0 Å². The second-order valence-corrected chi connectivity index (χ2v) is 4.58. The van der Waals surface area contributed by atoms with Crippen LogP contribution in [0.3, 0.4) is 0 Å². The van der Waals surface area contributed by atoms with Crippen molar-refractivity contribution in [2.45, 2.75) is 19.8 Å². The van der Waals surface area contributed by atoms with Crippen LogP contribution < -0.4 is 11.1 Å². The first-order valence-electron chi connectivity index (χ1n) is 6.62. The lowest BCUT2D eigenvalue weighted by molar-refractivity contribution is -0.130. The van der Waals surface area contributed by atoms with Crippen LogP contribution in [0, 0.1) is 0 Å². The van der Waals surface area contributed by atoms with Crippen LogP contribution in [0.4, 0.5) is 0 Å². The van der Waals surface area contributed by atoms with Gasteiger partial charge in [-0.2, -0.15) is 0 Å². The summed E-state index contributed by atoms with van der Waals surface area (Å²) < 4.78 is 0. The molecular weight excluding hydrogens is 232 g/mol. The van der Waals surface area contributed by atoms with Gasteiger partial charge in [0.15, 0.2) is 0 Å². The summed E-state index contributed by atoms with van der Waals surface area (Å²) in [6.45, 7) is 6.97. The van der Waals surface area contributed by atoms with Crippen molar-refractivity contribution in [3.8, 4) is 0 Å². The number of hydrogen-bond acceptors (Lipinski definition) is 4. The quantitative estimate of drug-likeness (QED) is 0.598. The lowest BCUT2D eigenvalue weighted by atomic mass is 10.3. The highest BCUT2D eigenvalue weighted by molar-refractivity contribution is 5.77. The Balaban J connectivity index is 2.32. The smallest absolute Gasteiger partial charge is 0.231 e. The zero-order valence-electron chi connectivity index (χ0n) is 11.2. The predicted molar refractivity (Wildman–Crippen MR) is 70.0 cm³/mol. The van der Waals surface area contributed by atoms with Gasteiger partial charge in [0.05, 0.1) is 6.54 Å². The van der Waals surface area contributed by atoms with Crippen LogP contribution in [0.1, 0.15) is 19.8 Å². The van der Waals surface area contributed by atoms with Gasteiger partial charge in [0, 0.05) is 39.1 Å². The molecule has 104 valence electrons. The van der Waals surface area contributed by atoms with Gasteiger partial charge in [0.1, 0.15) is 0 Å². The number of carbonyl (C=O) groups is 2. The number of carbonyl (C=O) groups excluding carboxylic acids is 2. The van der Waals surface area contributed by atoms with E-state index < -0.39 is 0 Å².